The minimum Gasteiger partial charge on any atom is -0.478 e. The number of furan rings is 1. The number of carboxylic acids is 1. The second-order valence-corrected chi connectivity index (χ2v) is 8.51. The molecule has 1 fully saturated rings. The van der Waals surface area contributed by atoms with Crippen LogP contribution in [-0.4, -0.2) is 27.1 Å². The van der Waals surface area contributed by atoms with Crippen molar-refractivity contribution in [1.82, 2.24) is 4.90 Å². The first-order valence-electron chi connectivity index (χ1n) is 9.05. The van der Waals surface area contributed by atoms with E-state index in [1.165, 1.54) is 36.4 Å². The van der Waals surface area contributed by atoms with Gasteiger partial charge in [0, 0.05) is 16.7 Å². The highest BCUT2D eigenvalue weighted by atomic mass is 35.5. The van der Waals surface area contributed by atoms with E-state index in [2.05, 4.69) is 0 Å². The van der Waals surface area contributed by atoms with Crippen molar-refractivity contribution in [3.05, 3.63) is 86.2 Å². The molecule has 0 spiro atoms. The van der Waals surface area contributed by atoms with Gasteiger partial charge in [0.25, 0.3) is 11.1 Å². The average Bonchev–Trinajstić information content (AvgIpc) is 3.30. The standard InChI is InChI=1S/C22H12Cl2FNO5S/c23-16-5-2-11(21(28)29)7-15(16)18-6-4-14(31-18)9-19-20(27)26(22(30)32-19)10-12-1-3-13(25)8-17(12)24/h1-9H,10H2,(H,28,29)/b19-9-. The number of nitrogens with zero attached hydrogens (tertiary/aromatic N) is 1. The summed E-state index contributed by atoms with van der Waals surface area (Å²) in [5.41, 5.74) is 0.859. The molecule has 32 heavy (non-hydrogen) atoms. The first-order valence-corrected chi connectivity index (χ1v) is 10.6. The van der Waals surface area contributed by atoms with Crippen molar-refractivity contribution in [3.8, 4) is 11.3 Å². The fourth-order valence-corrected chi connectivity index (χ4v) is 4.26. The Labute approximate surface area is 195 Å². The van der Waals surface area contributed by atoms with E-state index in [9.17, 15) is 23.9 Å². The maximum Gasteiger partial charge on any atom is 0.335 e. The largest absolute Gasteiger partial charge is 0.478 e. The van der Waals surface area contributed by atoms with Gasteiger partial charge in [0.05, 0.1) is 22.0 Å². The molecule has 1 aliphatic heterocycles. The molecule has 0 bridgehead atoms. The molecular weight excluding hydrogens is 480 g/mol. The summed E-state index contributed by atoms with van der Waals surface area (Å²) in [5, 5.41) is 9.09. The number of hydrogen-bond acceptors (Lipinski definition) is 5. The summed E-state index contributed by atoms with van der Waals surface area (Å²) < 4.78 is 18.9. The second kappa shape index (κ2) is 8.82. The molecule has 6 nitrogen and oxygen atoms in total. The maximum absolute atomic E-state index is 13.2. The molecule has 4 rings (SSSR count). The normalized spacial score (nSPS) is 15.1. The quantitative estimate of drug-likeness (QED) is 0.419. The van der Waals surface area contributed by atoms with Gasteiger partial charge in [-0.15, -0.1) is 0 Å². The van der Waals surface area contributed by atoms with Crippen LogP contribution in [0.3, 0.4) is 0 Å². The first kappa shape index (κ1) is 22.1. The van der Waals surface area contributed by atoms with Crippen LogP contribution in [-0.2, 0) is 11.3 Å². The van der Waals surface area contributed by atoms with Crippen LogP contribution in [0.1, 0.15) is 21.7 Å². The topological polar surface area (TPSA) is 87.8 Å². The molecule has 1 aliphatic rings. The van der Waals surface area contributed by atoms with E-state index in [0.29, 0.717) is 21.9 Å². The van der Waals surface area contributed by atoms with Gasteiger partial charge in [-0.1, -0.05) is 29.3 Å². The zero-order chi connectivity index (χ0) is 23.0. The number of rotatable bonds is 5. The molecule has 1 N–H and O–H groups in total. The van der Waals surface area contributed by atoms with E-state index < -0.39 is 22.9 Å². The molecule has 162 valence electrons. The van der Waals surface area contributed by atoms with Crippen LogP contribution in [0.2, 0.25) is 10.0 Å². The molecule has 1 aromatic heterocycles. The van der Waals surface area contributed by atoms with Gasteiger partial charge in [0.1, 0.15) is 17.3 Å². The van der Waals surface area contributed by atoms with Crippen molar-refractivity contribution >= 4 is 58.2 Å². The van der Waals surface area contributed by atoms with Crippen molar-refractivity contribution in [2.45, 2.75) is 6.54 Å². The number of carbonyl (C=O) groups is 3. The van der Waals surface area contributed by atoms with Crippen molar-refractivity contribution in [1.29, 1.82) is 0 Å². The third kappa shape index (κ3) is 4.43. The molecule has 1 saturated heterocycles. The van der Waals surface area contributed by atoms with Gasteiger partial charge in [-0.05, 0) is 59.8 Å². The Morgan fingerprint density at radius 3 is 2.59 bits per heavy atom. The highest BCUT2D eigenvalue weighted by Gasteiger charge is 2.35. The fraction of sp³-hybridized carbons (Fsp3) is 0.0455. The van der Waals surface area contributed by atoms with Gasteiger partial charge in [0.2, 0.25) is 0 Å². The lowest BCUT2D eigenvalue weighted by Crippen LogP contribution is -2.27. The van der Waals surface area contributed by atoms with E-state index in [-0.39, 0.29) is 27.8 Å². The number of imide groups is 1. The summed E-state index contributed by atoms with van der Waals surface area (Å²) in [6.07, 6.45) is 1.41. The molecule has 0 saturated carbocycles. The molecule has 2 amide bonds. The van der Waals surface area contributed by atoms with Crippen LogP contribution >= 0.6 is 35.0 Å². The smallest absolute Gasteiger partial charge is 0.335 e. The van der Waals surface area contributed by atoms with Crippen LogP contribution in [0.5, 0.6) is 0 Å². The second-order valence-electron chi connectivity index (χ2n) is 6.71. The van der Waals surface area contributed by atoms with Crippen LogP contribution in [0.15, 0.2) is 57.9 Å². The van der Waals surface area contributed by atoms with Gasteiger partial charge in [-0.25, -0.2) is 9.18 Å². The molecule has 3 aromatic rings. The number of carbonyl (C=O) groups excluding carboxylic acids is 2. The summed E-state index contributed by atoms with van der Waals surface area (Å²) in [7, 11) is 0. The average molecular weight is 492 g/mol. The lowest BCUT2D eigenvalue weighted by Gasteiger charge is -2.13. The van der Waals surface area contributed by atoms with E-state index in [0.717, 1.165) is 22.7 Å². The highest BCUT2D eigenvalue weighted by molar-refractivity contribution is 8.18. The van der Waals surface area contributed by atoms with Gasteiger partial charge in [-0.2, -0.15) is 0 Å². The Morgan fingerprint density at radius 1 is 1.09 bits per heavy atom. The fourth-order valence-electron chi connectivity index (χ4n) is 3.01. The molecule has 0 aliphatic carbocycles. The van der Waals surface area contributed by atoms with Gasteiger partial charge in [-0.3, -0.25) is 14.5 Å². The van der Waals surface area contributed by atoms with Crippen molar-refractivity contribution < 1.29 is 28.3 Å². The van der Waals surface area contributed by atoms with Gasteiger partial charge >= 0.3 is 5.97 Å². The number of hydrogen-bond donors (Lipinski definition) is 1. The van der Waals surface area contributed by atoms with Crippen LogP contribution in [0, 0.1) is 5.82 Å². The molecule has 2 heterocycles. The third-order valence-corrected chi connectivity index (χ3v) is 6.18. The number of halogens is 3. The lowest BCUT2D eigenvalue weighted by atomic mass is 10.1. The summed E-state index contributed by atoms with van der Waals surface area (Å²) in [4.78, 5) is 37.4. The summed E-state index contributed by atoms with van der Waals surface area (Å²) in [6, 6.07) is 11.1. The minimum absolute atomic E-state index is 0.0444. The van der Waals surface area contributed by atoms with Gasteiger partial charge < -0.3 is 9.52 Å². The zero-order valence-electron chi connectivity index (χ0n) is 16.0. The Morgan fingerprint density at radius 2 is 1.88 bits per heavy atom. The molecule has 0 radical (unpaired) electrons. The predicted molar refractivity (Wildman–Crippen MR) is 119 cm³/mol. The number of amides is 2. The number of thioether (sulfide) groups is 1. The SMILES string of the molecule is O=C(O)c1ccc(Cl)c(-c2ccc(/C=C3\SC(=O)N(Cc4ccc(F)cc4Cl)C3=O)o2)c1. The van der Waals surface area contributed by atoms with Crippen LogP contribution in [0.4, 0.5) is 9.18 Å². The van der Waals surface area contributed by atoms with E-state index in [4.69, 9.17) is 27.6 Å². The van der Waals surface area contributed by atoms with Gasteiger partial charge in [0.15, 0.2) is 0 Å². The minimum atomic E-state index is -1.11. The Bertz CT molecular complexity index is 1300. The van der Waals surface area contributed by atoms with Crippen molar-refractivity contribution in [2.75, 3.05) is 0 Å². The number of benzene rings is 2. The monoisotopic (exact) mass is 491 g/mol. The van der Waals surface area contributed by atoms with E-state index >= 15 is 0 Å². The van der Waals surface area contributed by atoms with Crippen molar-refractivity contribution in [2.24, 2.45) is 0 Å². The lowest BCUT2D eigenvalue weighted by molar-refractivity contribution is -0.123. The molecule has 0 atom stereocenters. The van der Waals surface area contributed by atoms with Crippen molar-refractivity contribution in [3.63, 3.8) is 0 Å². The summed E-state index contributed by atoms with van der Waals surface area (Å²) in [6.45, 7) is -0.0951. The predicted octanol–water partition coefficient (Wildman–Crippen LogP) is 6.33. The number of carboxylic acid groups (broad SMARTS) is 1. The Kier molecular flexibility index (Phi) is 6.10. The molecule has 2 aromatic carbocycles. The van der Waals surface area contributed by atoms with Crippen LogP contribution in [0.25, 0.3) is 17.4 Å². The molecule has 10 heteroatoms. The van der Waals surface area contributed by atoms with Crippen LogP contribution < -0.4 is 0 Å². The summed E-state index contributed by atoms with van der Waals surface area (Å²) in [5.74, 6) is -1.58. The summed E-state index contributed by atoms with van der Waals surface area (Å²) >= 11 is 12.9. The molecular formula is C22H12Cl2FNO5S. The first-order chi connectivity index (χ1) is 15.2. The molecule has 0 unspecified atom stereocenters. The highest BCUT2D eigenvalue weighted by Crippen LogP contribution is 2.36. The third-order valence-electron chi connectivity index (χ3n) is 4.60. The van der Waals surface area contributed by atoms with E-state index in [1.54, 1.807) is 12.1 Å². The zero-order valence-corrected chi connectivity index (χ0v) is 18.3. The Hall–Kier alpha value is -3.07. The van der Waals surface area contributed by atoms with E-state index in [1.807, 2.05) is 0 Å². The Balaban J connectivity index is 1.57. The maximum atomic E-state index is 13.2. The number of aromatic carboxylic acids is 1.